The Labute approximate surface area is 99.8 Å². The molecule has 1 unspecified atom stereocenters. The number of halogens is 2. The van der Waals surface area contributed by atoms with Crippen molar-refractivity contribution < 1.29 is 13.5 Å². The third-order valence-electron chi connectivity index (χ3n) is 3.98. The number of rotatable bonds is 3. The van der Waals surface area contributed by atoms with Crippen LogP contribution in [0.4, 0.5) is 8.78 Å². The predicted octanol–water partition coefficient (Wildman–Crippen LogP) is 2.60. The normalized spacial score (nSPS) is 25.8. The molecule has 94 valence electrons. The number of ether oxygens (including phenoxy) is 1. The summed E-state index contributed by atoms with van der Waals surface area (Å²) in [6.45, 7) is 4.39. The van der Waals surface area contributed by atoms with Crippen molar-refractivity contribution in [2.24, 2.45) is 11.1 Å². The molecule has 1 aromatic rings. The Hall–Kier alpha value is -1.16. The minimum Gasteiger partial charge on any atom is -0.496 e. The summed E-state index contributed by atoms with van der Waals surface area (Å²) in [7, 11) is 1.41. The molecule has 0 aliphatic heterocycles. The zero-order chi connectivity index (χ0) is 12.8. The number of nitrogens with two attached hydrogens (primary N) is 1. The molecule has 2 rings (SSSR count). The van der Waals surface area contributed by atoms with Crippen LogP contribution in [0.3, 0.4) is 0 Å². The first-order valence-electron chi connectivity index (χ1n) is 5.61. The Morgan fingerprint density at radius 1 is 1.35 bits per heavy atom. The van der Waals surface area contributed by atoms with E-state index >= 15 is 0 Å². The van der Waals surface area contributed by atoms with Gasteiger partial charge in [-0.25, -0.2) is 8.78 Å². The van der Waals surface area contributed by atoms with Gasteiger partial charge in [0.25, 0.3) is 0 Å². The Morgan fingerprint density at radius 2 is 1.94 bits per heavy atom. The zero-order valence-electron chi connectivity index (χ0n) is 10.3. The van der Waals surface area contributed by atoms with Crippen LogP contribution in [0.1, 0.15) is 25.8 Å². The Morgan fingerprint density at radius 3 is 2.35 bits per heavy atom. The number of hydrogen-bond donors (Lipinski definition) is 1. The molecule has 1 aromatic carbocycles. The van der Waals surface area contributed by atoms with Gasteiger partial charge in [0.15, 0.2) is 0 Å². The third kappa shape index (κ3) is 1.62. The molecule has 0 radical (unpaired) electrons. The second-order valence-electron chi connectivity index (χ2n) is 5.31. The lowest BCUT2D eigenvalue weighted by atomic mass is 9.87. The maximum atomic E-state index is 14.0. The van der Waals surface area contributed by atoms with Crippen molar-refractivity contribution >= 4 is 0 Å². The predicted molar refractivity (Wildman–Crippen MR) is 62.0 cm³/mol. The van der Waals surface area contributed by atoms with Gasteiger partial charge in [-0.2, -0.15) is 0 Å². The quantitative estimate of drug-likeness (QED) is 0.882. The summed E-state index contributed by atoms with van der Waals surface area (Å²) in [5, 5.41) is 0. The number of benzene rings is 1. The molecule has 2 N–H and O–H groups in total. The fraction of sp³-hybridized carbons (Fsp3) is 0.538. The van der Waals surface area contributed by atoms with Gasteiger partial charge in [0.05, 0.1) is 7.11 Å². The second-order valence-corrected chi connectivity index (χ2v) is 5.31. The first-order valence-corrected chi connectivity index (χ1v) is 5.61. The molecule has 1 aliphatic carbocycles. The molecule has 4 heteroatoms. The second kappa shape index (κ2) is 3.67. The van der Waals surface area contributed by atoms with Crippen molar-refractivity contribution in [1.82, 2.24) is 0 Å². The van der Waals surface area contributed by atoms with Crippen molar-refractivity contribution in [3.63, 3.8) is 0 Å². The van der Waals surface area contributed by atoms with Crippen LogP contribution in [0.2, 0.25) is 0 Å². The van der Waals surface area contributed by atoms with E-state index in [9.17, 15) is 8.78 Å². The van der Waals surface area contributed by atoms with Crippen molar-refractivity contribution in [1.29, 1.82) is 0 Å². The van der Waals surface area contributed by atoms with Crippen LogP contribution in [-0.4, -0.2) is 13.7 Å². The largest absolute Gasteiger partial charge is 0.496 e. The monoisotopic (exact) mass is 241 g/mol. The Bertz CT molecular complexity index is 459. The molecule has 2 nitrogen and oxygen atoms in total. The average molecular weight is 241 g/mol. The lowest BCUT2D eigenvalue weighted by Gasteiger charge is -2.22. The van der Waals surface area contributed by atoms with Crippen LogP contribution in [0.5, 0.6) is 5.75 Å². The topological polar surface area (TPSA) is 35.2 Å². The van der Waals surface area contributed by atoms with Gasteiger partial charge >= 0.3 is 0 Å². The fourth-order valence-corrected chi connectivity index (χ4v) is 2.76. The van der Waals surface area contributed by atoms with Crippen molar-refractivity contribution in [3.8, 4) is 5.75 Å². The standard InChI is InChI=1S/C13H17F2NO/c1-12(2)6-13(12,7-16)11-9(15)4-8(14)5-10(11)17-3/h4-5H,6-7,16H2,1-3H3. The van der Waals surface area contributed by atoms with Crippen LogP contribution in [-0.2, 0) is 5.41 Å². The van der Waals surface area contributed by atoms with Gasteiger partial charge in [0, 0.05) is 29.7 Å². The van der Waals surface area contributed by atoms with Crippen LogP contribution < -0.4 is 10.5 Å². The minimum absolute atomic E-state index is 0.0757. The van der Waals surface area contributed by atoms with Crippen LogP contribution >= 0.6 is 0 Å². The van der Waals surface area contributed by atoms with Gasteiger partial charge in [0.2, 0.25) is 0 Å². The zero-order valence-corrected chi connectivity index (χ0v) is 10.3. The van der Waals surface area contributed by atoms with Gasteiger partial charge in [-0.05, 0) is 11.8 Å². The van der Waals surface area contributed by atoms with Crippen molar-refractivity contribution in [2.75, 3.05) is 13.7 Å². The maximum absolute atomic E-state index is 14.0. The lowest BCUT2D eigenvalue weighted by molar-refractivity contribution is 0.380. The van der Waals surface area contributed by atoms with E-state index in [0.717, 1.165) is 12.5 Å². The summed E-state index contributed by atoms with van der Waals surface area (Å²) in [6.07, 6.45) is 0.787. The molecule has 0 spiro atoms. The average Bonchev–Trinajstić information content (AvgIpc) is 2.80. The van der Waals surface area contributed by atoms with E-state index in [1.807, 2.05) is 13.8 Å². The molecule has 0 heterocycles. The molecule has 0 bridgehead atoms. The molecule has 1 fully saturated rings. The van der Waals surface area contributed by atoms with Gasteiger partial charge in [0.1, 0.15) is 17.4 Å². The highest BCUT2D eigenvalue weighted by molar-refractivity contribution is 5.48. The van der Waals surface area contributed by atoms with E-state index in [2.05, 4.69) is 0 Å². The summed E-state index contributed by atoms with van der Waals surface area (Å²) in [5.74, 6) is -0.954. The van der Waals surface area contributed by atoms with E-state index in [-0.39, 0.29) is 11.2 Å². The molecule has 1 aliphatic rings. The molecule has 1 atom stereocenters. The van der Waals surface area contributed by atoms with Crippen LogP contribution in [0.15, 0.2) is 12.1 Å². The number of methoxy groups -OCH3 is 1. The van der Waals surface area contributed by atoms with Gasteiger partial charge in [-0.1, -0.05) is 13.8 Å². The first-order chi connectivity index (χ1) is 7.88. The highest BCUT2D eigenvalue weighted by Gasteiger charge is 2.63. The summed E-state index contributed by atoms with van der Waals surface area (Å²) in [5.41, 5.74) is 5.69. The summed E-state index contributed by atoms with van der Waals surface area (Å²) in [4.78, 5) is 0. The Balaban J connectivity index is 2.60. The SMILES string of the molecule is COc1cc(F)cc(F)c1C1(CN)CC1(C)C. The van der Waals surface area contributed by atoms with Gasteiger partial charge in [-0.3, -0.25) is 0 Å². The summed E-state index contributed by atoms with van der Waals surface area (Å²) >= 11 is 0. The van der Waals surface area contributed by atoms with Crippen molar-refractivity contribution in [3.05, 3.63) is 29.3 Å². The number of hydrogen-bond acceptors (Lipinski definition) is 2. The Kier molecular flexibility index (Phi) is 2.65. The van der Waals surface area contributed by atoms with Gasteiger partial charge in [-0.15, -0.1) is 0 Å². The first kappa shape index (κ1) is 12.3. The van der Waals surface area contributed by atoms with E-state index in [1.165, 1.54) is 13.2 Å². The molecule has 1 saturated carbocycles. The van der Waals surface area contributed by atoms with E-state index < -0.39 is 17.0 Å². The van der Waals surface area contributed by atoms with E-state index in [1.54, 1.807) is 0 Å². The molecular formula is C13H17F2NO. The minimum atomic E-state index is -0.631. The third-order valence-corrected chi connectivity index (χ3v) is 3.98. The van der Waals surface area contributed by atoms with Crippen molar-refractivity contribution in [2.45, 2.75) is 25.7 Å². The molecule has 0 aromatic heterocycles. The molecule has 0 amide bonds. The molecule has 0 saturated heterocycles. The van der Waals surface area contributed by atoms with Crippen LogP contribution in [0, 0.1) is 17.0 Å². The summed E-state index contributed by atoms with van der Waals surface area (Å²) in [6, 6.07) is 2.11. The van der Waals surface area contributed by atoms with E-state index in [4.69, 9.17) is 10.5 Å². The molecule has 17 heavy (non-hydrogen) atoms. The highest BCUT2D eigenvalue weighted by atomic mass is 19.1. The lowest BCUT2D eigenvalue weighted by Crippen LogP contribution is -2.27. The molecular weight excluding hydrogens is 224 g/mol. The fourth-order valence-electron chi connectivity index (χ4n) is 2.76. The van der Waals surface area contributed by atoms with E-state index in [0.29, 0.717) is 12.1 Å². The smallest absolute Gasteiger partial charge is 0.133 e. The maximum Gasteiger partial charge on any atom is 0.133 e. The highest BCUT2D eigenvalue weighted by Crippen LogP contribution is 2.65. The van der Waals surface area contributed by atoms with Crippen LogP contribution in [0.25, 0.3) is 0 Å². The summed E-state index contributed by atoms with van der Waals surface area (Å²) < 4.78 is 32.2. The van der Waals surface area contributed by atoms with Gasteiger partial charge < -0.3 is 10.5 Å².